The van der Waals surface area contributed by atoms with E-state index in [1.807, 2.05) is 6.92 Å². The summed E-state index contributed by atoms with van der Waals surface area (Å²) in [6.45, 7) is 2.46. The first-order chi connectivity index (χ1) is 5.77. The Bertz CT molecular complexity index is 238. The highest BCUT2D eigenvalue weighted by Gasteiger charge is 2.15. The fourth-order valence-corrected chi connectivity index (χ4v) is 1.12. The first-order valence-electron chi connectivity index (χ1n) is 3.99. The molecule has 0 radical (unpaired) electrons. The Kier molecular flexibility index (Phi) is 2.91. The molecule has 0 aliphatic heterocycles. The lowest BCUT2D eigenvalue weighted by Gasteiger charge is -2.13. The van der Waals surface area contributed by atoms with Gasteiger partial charge >= 0.3 is 0 Å². The van der Waals surface area contributed by atoms with Crippen LogP contribution in [0.5, 0.6) is 0 Å². The second-order valence-electron chi connectivity index (χ2n) is 2.56. The van der Waals surface area contributed by atoms with Crippen LogP contribution in [0.4, 0.5) is 0 Å². The van der Waals surface area contributed by atoms with Crippen molar-refractivity contribution in [3.8, 4) is 0 Å². The van der Waals surface area contributed by atoms with Gasteiger partial charge in [0.15, 0.2) is 5.78 Å². The molecule has 0 saturated carbocycles. The zero-order valence-corrected chi connectivity index (χ0v) is 7.04. The summed E-state index contributed by atoms with van der Waals surface area (Å²) in [6, 6.07) is 0. The SMILES string of the molecule is CCOC1=CC(=O)/C(=C\O)CC1. The molecule has 0 saturated heterocycles. The first kappa shape index (κ1) is 8.84. The van der Waals surface area contributed by atoms with Gasteiger partial charge in [0.1, 0.15) is 5.76 Å². The molecule has 1 rings (SSSR count). The molecule has 1 N–H and O–H groups in total. The summed E-state index contributed by atoms with van der Waals surface area (Å²) in [7, 11) is 0. The smallest absolute Gasteiger partial charge is 0.188 e. The molecular formula is C9H12O3. The van der Waals surface area contributed by atoms with Crippen molar-refractivity contribution in [1.82, 2.24) is 0 Å². The molecule has 0 atom stereocenters. The van der Waals surface area contributed by atoms with E-state index in [2.05, 4.69) is 0 Å². The van der Waals surface area contributed by atoms with Gasteiger partial charge in [0.25, 0.3) is 0 Å². The van der Waals surface area contributed by atoms with Gasteiger partial charge in [-0.2, -0.15) is 0 Å². The van der Waals surface area contributed by atoms with E-state index in [0.29, 0.717) is 30.8 Å². The van der Waals surface area contributed by atoms with Crippen LogP contribution in [0.3, 0.4) is 0 Å². The van der Waals surface area contributed by atoms with E-state index in [9.17, 15) is 4.79 Å². The zero-order chi connectivity index (χ0) is 8.97. The molecule has 3 nitrogen and oxygen atoms in total. The van der Waals surface area contributed by atoms with Gasteiger partial charge in [-0.1, -0.05) is 0 Å². The van der Waals surface area contributed by atoms with E-state index in [0.717, 1.165) is 6.26 Å². The molecule has 0 unspecified atom stereocenters. The maximum atomic E-state index is 11.1. The van der Waals surface area contributed by atoms with Crippen molar-refractivity contribution in [2.45, 2.75) is 19.8 Å². The molecule has 0 spiro atoms. The van der Waals surface area contributed by atoms with E-state index in [1.54, 1.807) is 0 Å². The average Bonchev–Trinajstić information content (AvgIpc) is 2.05. The highest BCUT2D eigenvalue weighted by atomic mass is 16.5. The Labute approximate surface area is 71.3 Å². The molecule has 3 heteroatoms. The Balaban J connectivity index is 2.68. The predicted octanol–water partition coefficient (Wildman–Crippen LogP) is 1.71. The van der Waals surface area contributed by atoms with E-state index in [1.165, 1.54) is 6.08 Å². The lowest BCUT2D eigenvalue weighted by molar-refractivity contribution is -0.112. The molecule has 0 aromatic carbocycles. The van der Waals surface area contributed by atoms with Crippen molar-refractivity contribution in [2.75, 3.05) is 6.61 Å². The monoisotopic (exact) mass is 168 g/mol. The second-order valence-corrected chi connectivity index (χ2v) is 2.56. The number of allylic oxidation sites excluding steroid dienone is 3. The van der Waals surface area contributed by atoms with E-state index >= 15 is 0 Å². The fourth-order valence-electron chi connectivity index (χ4n) is 1.12. The number of hydrogen-bond acceptors (Lipinski definition) is 3. The normalized spacial score (nSPS) is 20.9. The van der Waals surface area contributed by atoms with Crippen molar-refractivity contribution < 1.29 is 14.6 Å². The molecule has 12 heavy (non-hydrogen) atoms. The summed E-state index contributed by atoms with van der Waals surface area (Å²) in [5.74, 6) is 0.570. The van der Waals surface area contributed by atoms with Crippen molar-refractivity contribution in [3.05, 3.63) is 23.7 Å². The number of rotatable bonds is 2. The third-order valence-electron chi connectivity index (χ3n) is 1.73. The maximum absolute atomic E-state index is 11.1. The number of ketones is 1. The quantitative estimate of drug-likeness (QED) is 0.504. The van der Waals surface area contributed by atoms with Crippen LogP contribution in [0, 0.1) is 0 Å². The molecule has 66 valence electrons. The van der Waals surface area contributed by atoms with Gasteiger partial charge in [0.05, 0.1) is 12.9 Å². The first-order valence-corrected chi connectivity index (χ1v) is 3.99. The Hall–Kier alpha value is -1.25. The Morgan fingerprint density at radius 2 is 2.42 bits per heavy atom. The lowest BCUT2D eigenvalue weighted by Crippen LogP contribution is -2.08. The second kappa shape index (κ2) is 3.95. The van der Waals surface area contributed by atoms with E-state index < -0.39 is 0 Å². The third-order valence-corrected chi connectivity index (χ3v) is 1.73. The minimum absolute atomic E-state index is 0.146. The predicted molar refractivity (Wildman–Crippen MR) is 44.7 cm³/mol. The van der Waals surface area contributed by atoms with Crippen LogP contribution in [0.25, 0.3) is 0 Å². The lowest BCUT2D eigenvalue weighted by atomic mass is 10.00. The molecule has 0 bridgehead atoms. The molecule has 1 aliphatic rings. The number of carbonyl (C=O) groups excluding carboxylic acids is 1. The fraction of sp³-hybridized carbons (Fsp3) is 0.444. The third kappa shape index (κ3) is 1.87. The minimum atomic E-state index is -0.146. The van der Waals surface area contributed by atoms with E-state index in [-0.39, 0.29) is 5.78 Å². The van der Waals surface area contributed by atoms with Gasteiger partial charge in [-0.15, -0.1) is 0 Å². The Morgan fingerprint density at radius 3 is 2.92 bits per heavy atom. The van der Waals surface area contributed by atoms with Crippen LogP contribution in [0.2, 0.25) is 0 Å². The van der Waals surface area contributed by atoms with E-state index in [4.69, 9.17) is 9.84 Å². The van der Waals surface area contributed by atoms with Crippen LogP contribution in [0.15, 0.2) is 23.7 Å². The average molecular weight is 168 g/mol. The van der Waals surface area contributed by atoms with Gasteiger partial charge in [-0.3, -0.25) is 4.79 Å². The highest BCUT2D eigenvalue weighted by Crippen LogP contribution is 2.20. The maximum Gasteiger partial charge on any atom is 0.188 e. The van der Waals surface area contributed by atoms with Gasteiger partial charge in [-0.25, -0.2) is 0 Å². The largest absolute Gasteiger partial charge is 0.515 e. The van der Waals surface area contributed by atoms with Crippen LogP contribution in [0.1, 0.15) is 19.8 Å². The molecule has 0 heterocycles. The zero-order valence-electron chi connectivity index (χ0n) is 7.04. The Morgan fingerprint density at radius 1 is 1.67 bits per heavy atom. The number of ether oxygens (including phenoxy) is 1. The number of aliphatic hydroxyl groups is 1. The molecule has 1 aliphatic carbocycles. The van der Waals surface area contributed by atoms with Gasteiger partial charge in [0.2, 0.25) is 0 Å². The molecule has 0 amide bonds. The van der Waals surface area contributed by atoms with Crippen molar-refractivity contribution in [1.29, 1.82) is 0 Å². The molecule has 0 aromatic heterocycles. The van der Waals surface area contributed by atoms with Crippen LogP contribution >= 0.6 is 0 Å². The topological polar surface area (TPSA) is 46.5 Å². The molecular weight excluding hydrogens is 156 g/mol. The van der Waals surface area contributed by atoms with Crippen LogP contribution in [-0.4, -0.2) is 17.5 Å². The molecule has 0 aromatic rings. The van der Waals surface area contributed by atoms with Crippen LogP contribution in [-0.2, 0) is 9.53 Å². The summed E-state index contributed by atoms with van der Waals surface area (Å²) < 4.78 is 5.18. The minimum Gasteiger partial charge on any atom is -0.515 e. The van der Waals surface area contributed by atoms with Crippen LogP contribution < -0.4 is 0 Å². The highest BCUT2D eigenvalue weighted by molar-refractivity contribution is 6.04. The van der Waals surface area contributed by atoms with Crippen molar-refractivity contribution in [2.24, 2.45) is 0 Å². The summed E-state index contributed by atoms with van der Waals surface area (Å²) in [5.41, 5.74) is 0.457. The summed E-state index contributed by atoms with van der Waals surface area (Å²) in [4.78, 5) is 11.1. The standard InChI is InChI=1S/C9H12O3/c1-2-12-8-4-3-7(6-10)9(11)5-8/h5-6,10H,2-4H2,1H3/b7-6-. The van der Waals surface area contributed by atoms with Crippen molar-refractivity contribution >= 4 is 5.78 Å². The number of carbonyl (C=O) groups is 1. The van der Waals surface area contributed by atoms with Gasteiger partial charge in [0, 0.05) is 18.1 Å². The number of aliphatic hydroxyl groups excluding tert-OH is 1. The van der Waals surface area contributed by atoms with Crippen molar-refractivity contribution in [3.63, 3.8) is 0 Å². The van der Waals surface area contributed by atoms with Gasteiger partial charge < -0.3 is 9.84 Å². The number of hydrogen-bond donors (Lipinski definition) is 1. The molecule has 0 fully saturated rings. The summed E-state index contributed by atoms with van der Waals surface area (Å²) >= 11 is 0. The van der Waals surface area contributed by atoms with Gasteiger partial charge in [-0.05, 0) is 13.3 Å². The summed E-state index contributed by atoms with van der Waals surface area (Å²) in [5, 5.41) is 8.62. The summed E-state index contributed by atoms with van der Waals surface area (Å²) in [6.07, 6.45) is 3.59.